The van der Waals surface area contributed by atoms with Crippen LogP contribution < -0.4 is 19.3 Å². The minimum absolute atomic E-state index is 0.168. The van der Waals surface area contributed by atoms with Crippen LogP contribution in [0.25, 0.3) is 0 Å². The second kappa shape index (κ2) is 10.1. The highest BCUT2D eigenvalue weighted by atomic mass is 16.5. The monoisotopic (exact) mass is 400 g/mol. The first kappa shape index (κ1) is 20.9. The summed E-state index contributed by atoms with van der Waals surface area (Å²) in [4.78, 5) is 26.9. The molecular formula is C21H30N5O3+. The molecule has 3 rings (SSSR count). The number of ether oxygens (including phenoxy) is 2. The van der Waals surface area contributed by atoms with Gasteiger partial charge in [-0.25, -0.2) is 9.97 Å². The van der Waals surface area contributed by atoms with Crippen molar-refractivity contribution in [3.8, 4) is 11.5 Å². The lowest BCUT2D eigenvalue weighted by atomic mass is 10.2. The molecule has 1 N–H and O–H groups in total. The Morgan fingerprint density at radius 2 is 1.83 bits per heavy atom. The molecule has 29 heavy (non-hydrogen) atoms. The first-order valence-electron chi connectivity index (χ1n) is 9.98. The highest BCUT2D eigenvalue weighted by Crippen LogP contribution is 2.28. The number of piperazine rings is 1. The molecule has 0 bridgehead atoms. The Balaban J connectivity index is 1.54. The molecule has 0 spiro atoms. The maximum atomic E-state index is 12.9. The van der Waals surface area contributed by atoms with Gasteiger partial charge in [0, 0.05) is 25.5 Å². The van der Waals surface area contributed by atoms with E-state index in [1.54, 1.807) is 26.6 Å². The lowest BCUT2D eigenvalue weighted by Gasteiger charge is -2.32. The molecule has 8 heteroatoms. The van der Waals surface area contributed by atoms with Crippen molar-refractivity contribution >= 4 is 11.9 Å². The van der Waals surface area contributed by atoms with E-state index in [0.717, 1.165) is 37.7 Å². The number of carbonyl (C=O) groups is 1. The van der Waals surface area contributed by atoms with Crippen molar-refractivity contribution in [3.63, 3.8) is 0 Å². The van der Waals surface area contributed by atoms with E-state index in [1.165, 1.54) is 4.90 Å². The molecule has 1 aromatic carbocycles. The summed E-state index contributed by atoms with van der Waals surface area (Å²) in [6.07, 6.45) is 3.52. The molecular weight excluding hydrogens is 370 g/mol. The number of hydrogen-bond donors (Lipinski definition) is 1. The van der Waals surface area contributed by atoms with Gasteiger partial charge < -0.3 is 24.2 Å². The number of rotatable bonds is 8. The van der Waals surface area contributed by atoms with Crippen LogP contribution in [0.5, 0.6) is 11.5 Å². The molecule has 2 heterocycles. The van der Waals surface area contributed by atoms with Crippen molar-refractivity contribution in [1.29, 1.82) is 0 Å². The van der Waals surface area contributed by atoms with Gasteiger partial charge in [0.1, 0.15) is 0 Å². The fourth-order valence-corrected chi connectivity index (χ4v) is 3.56. The molecule has 2 aromatic rings. The molecule has 156 valence electrons. The first-order chi connectivity index (χ1) is 14.1. The van der Waals surface area contributed by atoms with Crippen molar-refractivity contribution < 1.29 is 19.2 Å². The largest absolute Gasteiger partial charge is 0.493 e. The lowest BCUT2D eigenvalue weighted by molar-refractivity contribution is -0.892. The van der Waals surface area contributed by atoms with Crippen molar-refractivity contribution in [1.82, 2.24) is 14.9 Å². The van der Waals surface area contributed by atoms with Crippen LogP contribution in [0.1, 0.15) is 12.5 Å². The van der Waals surface area contributed by atoms with Crippen LogP contribution in [0.2, 0.25) is 0 Å². The third-order valence-electron chi connectivity index (χ3n) is 5.26. The highest BCUT2D eigenvalue weighted by molar-refractivity contribution is 5.77. The summed E-state index contributed by atoms with van der Waals surface area (Å²) in [6.45, 7) is 7.26. The average Bonchev–Trinajstić information content (AvgIpc) is 2.78. The highest BCUT2D eigenvalue weighted by Gasteiger charge is 2.25. The van der Waals surface area contributed by atoms with Crippen molar-refractivity contribution in [3.05, 3.63) is 42.2 Å². The van der Waals surface area contributed by atoms with E-state index in [2.05, 4.69) is 14.9 Å². The average molecular weight is 401 g/mol. The number of nitrogens with one attached hydrogen (secondary N) is 1. The minimum atomic E-state index is 0.168. The molecule has 0 radical (unpaired) electrons. The number of amides is 1. The standard InChI is InChI=1S/C21H29N5O3/c1-4-25(15-17-6-7-18(28-2)19(14-17)29-3)20(27)16-24-10-12-26(13-11-24)21-22-8-5-9-23-21/h5-9,14H,4,10-13,15-16H2,1-3H3/p+1. The molecule has 1 saturated heterocycles. The molecule has 1 amide bonds. The van der Waals surface area contributed by atoms with Gasteiger partial charge in [-0.3, -0.25) is 4.79 Å². The third-order valence-corrected chi connectivity index (χ3v) is 5.26. The molecule has 0 unspecified atom stereocenters. The van der Waals surface area contributed by atoms with Crippen LogP contribution in [-0.2, 0) is 11.3 Å². The number of aromatic nitrogens is 2. The van der Waals surface area contributed by atoms with Gasteiger partial charge in [0.15, 0.2) is 18.0 Å². The quantitative estimate of drug-likeness (QED) is 0.685. The van der Waals surface area contributed by atoms with Crippen LogP contribution in [0.4, 0.5) is 5.95 Å². The first-order valence-corrected chi connectivity index (χ1v) is 9.98. The summed E-state index contributed by atoms with van der Waals surface area (Å²) < 4.78 is 10.7. The number of anilines is 1. The Labute approximate surface area is 172 Å². The van der Waals surface area contributed by atoms with E-state index in [-0.39, 0.29) is 5.91 Å². The molecule has 0 atom stereocenters. The van der Waals surface area contributed by atoms with E-state index >= 15 is 0 Å². The third kappa shape index (κ3) is 5.35. The van der Waals surface area contributed by atoms with Crippen LogP contribution in [-0.4, -0.2) is 74.3 Å². The number of hydrogen-bond acceptors (Lipinski definition) is 6. The van der Waals surface area contributed by atoms with E-state index in [4.69, 9.17) is 9.47 Å². The number of methoxy groups -OCH3 is 2. The Bertz CT molecular complexity index is 794. The fraction of sp³-hybridized carbons (Fsp3) is 0.476. The van der Waals surface area contributed by atoms with Gasteiger partial charge >= 0.3 is 0 Å². The van der Waals surface area contributed by atoms with Gasteiger partial charge in [0.25, 0.3) is 5.91 Å². The van der Waals surface area contributed by atoms with E-state index < -0.39 is 0 Å². The van der Waals surface area contributed by atoms with Gasteiger partial charge in [0.2, 0.25) is 5.95 Å². The van der Waals surface area contributed by atoms with E-state index in [9.17, 15) is 4.79 Å². The van der Waals surface area contributed by atoms with Crippen molar-refractivity contribution in [2.24, 2.45) is 0 Å². The summed E-state index contributed by atoms with van der Waals surface area (Å²) >= 11 is 0. The minimum Gasteiger partial charge on any atom is -0.493 e. The van der Waals surface area contributed by atoms with E-state index in [1.807, 2.05) is 36.1 Å². The Morgan fingerprint density at radius 3 is 2.45 bits per heavy atom. The second-order valence-electron chi connectivity index (χ2n) is 7.06. The van der Waals surface area contributed by atoms with Crippen LogP contribution in [0.15, 0.2) is 36.7 Å². The fourth-order valence-electron chi connectivity index (χ4n) is 3.56. The summed E-state index contributed by atoms with van der Waals surface area (Å²) in [5, 5.41) is 0. The second-order valence-corrected chi connectivity index (χ2v) is 7.06. The molecule has 1 aromatic heterocycles. The summed E-state index contributed by atoms with van der Waals surface area (Å²) in [5.74, 6) is 2.30. The van der Waals surface area contributed by atoms with E-state index in [0.29, 0.717) is 31.1 Å². The predicted octanol–water partition coefficient (Wildman–Crippen LogP) is 0.247. The number of quaternary nitrogens is 1. The zero-order valence-electron chi connectivity index (χ0n) is 17.4. The molecule has 1 aliphatic rings. The summed E-state index contributed by atoms with van der Waals surface area (Å²) in [6, 6.07) is 7.60. The zero-order valence-corrected chi connectivity index (χ0v) is 17.4. The maximum Gasteiger partial charge on any atom is 0.278 e. The number of likely N-dealkylation sites (N-methyl/N-ethyl adjacent to an activating group) is 1. The molecule has 0 saturated carbocycles. The Kier molecular flexibility index (Phi) is 7.24. The van der Waals surface area contributed by atoms with Gasteiger partial charge in [-0.15, -0.1) is 0 Å². The summed E-state index contributed by atoms with van der Waals surface area (Å²) in [5.41, 5.74) is 1.03. The van der Waals surface area contributed by atoms with Crippen molar-refractivity contribution in [2.45, 2.75) is 13.5 Å². The number of nitrogens with zero attached hydrogens (tertiary/aromatic N) is 4. The summed E-state index contributed by atoms with van der Waals surface area (Å²) in [7, 11) is 3.24. The van der Waals surface area contributed by atoms with Gasteiger partial charge in [-0.1, -0.05) is 6.07 Å². The number of carbonyl (C=O) groups excluding carboxylic acids is 1. The molecule has 8 nitrogen and oxygen atoms in total. The SMILES string of the molecule is CCN(Cc1ccc(OC)c(OC)c1)C(=O)C[NH+]1CCN(c2ncccn2)CC1. The molecule has 1 aliphatic heterocycles. The maximum absolute atomic E-state index is 12.9. The lowest BCUT2D eigenvalue weighted by Crippen LogP contribution is -3.15. The topological polar surface area (TPSA) is 72.2 Å². The van der Waals surface area contributed by atoms with Crippen LogP contribution in [0.3, 0.4) is 0 Å². The van der Waals surface area contributed by atoms with Gasteiger partial charge in [-0.05, 0) is 30.7 Å². The Hall–Kier alpha value is -2.87. The predicted molar refractivity (Wildman–Crippen MR) is 110 cm³/mol. The van der Waals surface area contributed by atoms with Crippen molar-refractivity contribution in [2.75, 3.05) is 58.4 Å². The zero-order chi connectivity index (χ0) is 20.6. The molecule has 0 aliphatic carbocycles. The van der Waals surface area contributed by atoms with Crippen LogP contribution >= 0.6 is 0 Å². The van der Waals surface area contributed by atoms with Gasteiger partial charge in [0.05, 0.1) is 40.4 Å². The smallest absolute Gasteiger partial charge is 0.278 e. The Morgan fingerprint density at radius 1 is 1.14 bits per heavy atom. The van der Waals surface area contributed by atoms with Gasteiger partial charge in [-0.2, -0.15) is 0 Å². The number of benzene rings is 1. The normalized spacial score (nSPS) is 14.5. The molecule has 1 fully saturated rings. The van der Waals surface area contributed by atoms with Crippen LogP contribution in [0, 0.1) is 0 Å².